The molecule has 35 heavy (non-hydrogen) atoms. The molecule has 0 saturated carbocycles. The number of carbonyl (C=O) groups excluding carboxylic acids is 1. The lowest BCUT2D eigenvalue weighted by molar-refractivity contribution is 0.0679. The van der Waals surface area contributed by atoms with E-state index in [2.05, 4.69) is 25.3 Å². The number of carbonyl (C=O) groups is 1. The van der Waals surface area contributed by atoms with Gasteiger partial charge in [0.25, 0.3) is 5.91 Å². The first kappa shape index (κ1) is 23.1. The highest BCUT2D eigenvalue weighted by Crippen LogP contribution is 2.28. The van der Waals surface area contributed by atoms with Gasteiger partial charge in [-0.15, -0.1) is 0 Å². The van der Waals surface area contributed by atoms with Gasteiger partial charge in [0.05, 0.1) is 11.2 Å². The number of nitrogens with one attached hydrogen (secondary N) is 2. The molecule has 1 fully saturated rings. The summed E-state index contributed by atoms with van der Waals surface area (Å²) in [6.45, 7) is 1.21. The fraction of sp³-hybridized carbons (Fsp3) is 0.250. The van der Waals surface area contributed by atoms with Crippen LogP contribution in [0, 0.1) is 23.4 Å². The Hall–Kier alpha value is -3.66. The highest BCUT2D eigenvalue weighted by molar-refractivity contribution is 6.31. The summed E-state index contributed by atoms with van der Waals surface area (Å²) in [5.74, 6) is -2.30. The summed E-state index contributed by atoms with van der Waals surface area (Å²) < 4.78 is 41.6. The molecule has 1 amide bonds. The molecule has 1 atom stereocenters. The van der Waals surface area contributed by atoms with Crippen LogP contribution in [0.3, 0.4) is 0 Å². The molecule has 2 N–H and O–H groups in total. The van der Waals surface area contributed by atoms with E-state index in [0.717, 1.165) is 37.2 Å². The molecular formula is C24H20ClF3N6O. The van der Waals surface area contributed by atoms with Gasteiger partial charge in [-0.2, -0.15) is 0 Å². The molecule has 180 valence electrons. The van der Waals surface area contributed by atoms with Crippen LogP contribution < -0.4 is 5.32 Å². The molecule has 3 aromatic heterocycles. The van der Waals surface area contributed by atoms with Crippen molar-refractivity contribution in [2.45, 2.75) is 12.8 Å². The van der Waals surface area contributed by atoms with Crippen LogP contribution in [0.2, 0.25) is 5.02 Å². The third kappa shape index (κ3) is 4.93. The Kier molecular flexibility index (Phi) is 6.29. The minimum atomic E-state index is -0.799. The van der Waals surface area contributed by atoms with Crippen LogP contribution in [0.5, 0.6) is 0 Å². The van der Waals surface area contributed by atoms with Gasteiger partial charge in [0.1, 0.15) is 17.3 Å². The molecule has 5 rings (SSSR count). The number of amides is 1. The highest BCUT2D eigenvalue weighted by Gasteiger charge is 2.25. The lowest BCUT2D eigenvalue weighted by Crippen LogP contribution is -2.42. The largest absolute Gasteiger partial charge is 0.367 e. The van der Waals surface area contributed by atoms with Crippen molar-refractivity contribution >= 4 is 34.4 Å². The molecule has 1 unspecified atom stereocenters. The summed E-state index contributed by atoms with van der Waals surface area (Å²) >= 11 is 6.06. The van der Waals surface area contributed by atoms with Crippen molar-refractivity contribution in [3.63, 3.8) is 0 Å². The van der Waals surface area contributed by atoms with Crippen LogP contribution in [-0.2, 0) is 0 Å². The van der Waals surface area contributed by atoms with Crippen LogP contribution >= 0.6 is 11.6 Å². The van der Waals surface area contributed by atoms with E-state index in [1.807, 2.05) is 0 Å². The van der Waals surface area contributed by atoms with Crippen molar-refractivity contribution < 1.29 is 18.0 Å². The predicted molar refractivity (Wildman–Crippen MR) is 126 cm³/mol. The van der Waals surface area contributed by atoms with Gasteiger partial charge in [0.15, 0.2) is 17.5 Å². The number of likely N-dealkylation sites (tertiary alicyclic amines) is 1. The number of H-pyrrole nitrogens is 1. The van der Waals surface area contributed by atoms with Crippen molar-refractivity contribution in [3.8, 4) is 11.4 Å². The van der Waals surface area contributed by atoms with Crippen LogP contribution in [0.4, 0.5) is 19.0 Å². The van der Waals surface area contributed by atoms with E-state index in [9.17, 15) is 18.0 Å². The molecular weight excluding hydrogens is 481 g/mol. The molecule has 1 saturated heterocycles. The number of nitrogens with zero attached hydrogens (tertiary/aromatic N) is 4. The number of hydrogen-bond donors (Lipinski definition) is 2. The molecule has 7 nitrogen and oxygen atoms in total. The van der Waals surface area contributed by atoms with Gasteiger partial charge in [0, 0.05) is 54.6 Å². The minimum absolute atomic E-state index is 0.0000156. The summed E-state index contributed by atoms with van der Waals surface area (Å²) in [6.07, 6.45) is 5.82. The number of aromatic amines is 1. The van der Waals surface area contributed by atoms with E-state index >= 15 is 0 Å². The second-order valence-electron chi connectivity index (χ2n) is 8.44. The van der Waals surface area contributed by atoms with Gasteiger partial charge >= 0.3 is 0 Å². The Balaban J connectivity index is 1.29. The molecule has 0 aliphatic carbocycles. The molecule has 0 spiro atoms. The van der Waals surface area contributed by atoms with Crippen LogP contribution in [0.1, 0.15) is 23.2 Å². The average Bonchev–Trinajstić information content (AvgIpc) is 3.25. The van der Waals surface area contributed by atoms with Crippen molar-refractivity contribution in [2.75, 3.05) is 25.0 Å². The zero-order chi connectivity index (χ0) is 24.5. The van der Waals surface area contributed by atoms with Gasteiger partial charge in [-0.1, -0.05) is 11.6 Å². The number of hydrogen-bond acceptors (Lipinski definition) is 5. The van der Waals surface area contributed by atoms with Gasteiger partial charge in [-0.3, -0.25) is 4.79 Å². The lowest BCUT2D eigenvalue weighted by Gasteiger charge is -2.33. The zero-order valence-electron chi connectivity index (χ0n) is 18.4. The van der Waals surface area contributed by atoms with Crippen molar-refractivity contribution in [2.24, 2.45) is 5.92 Å². The molecule has 11 heteroatoms. The first-order chi connectivity index (χ1) is 16.9. The third-order valence-electron chi connectivity index (χ3n) is 5.96. The molecule has 1 aliphatic rings. The summed E-state index contributed by atoms with van der Waals surface area (Å²) in [5, 5.41) is 4.19. The number of pyridine rings is 1. The lowest BCUT2D eigenvalue weighted by atomic mass is 9.97. The minimum Gasteiger partial charge on any atom is -0.367 e. The summed E-state index contributed by atoms with van der Waals surface area (Å²) in [7, 11) is 0. The van der Waals surface area contributed by atoms with Crippen molar-refractivity contribution in [1.82, 2.24) is 24.8 Å². The normalized spacial score (nSPS) is 16.0. The number of anilines is 1. The van der Waals surface area contributed by atoms with E-state index < -0.39 is 23.4 Å². The smallest absolute Gasteiger partial charge is 0.254 e. The van der Waals surface area contributed by atoms with Gasteiger partial charge in [-0.05, 0) is 37.0 Å². The molecule has 1 aromatic carbocycles. The fourth-order valence-corrected chi connectivity index (χ4v) is 4.46. The second kappa shape index (κ2) is 9.53. The first-order valence-electron chi connectivity index (χ1n) is 11.0. The van der Waals surface area contributed by atoms with Crippen LogP contribution in [-0.4, -0.2) is 50.4 Å². The maximum atomic E-state index is 14.5. The molecule has 4 heterocycles. The first-order valence-corrected chi connectivity index (χ1v) is 11.4. The monoisotopic (exact) mass is 500 g/mol. The van der Waals surface area contributed by atoms with Crippen molar-refractivity contribution in [3.05, 3.63) is 70.9 Å². The molecule has 0 bridgehead atoms. The number of piperidine rings is 1. The SMILES string of the molecule is O=C(c1cc(F)cc(F)c1)N1CCCC(CNc2nc(-c3c[nH]c4ncc(Cl)cc34)ncc2F)C1. The number of rotatable bonds is 5. The Labute approximate surface area is 203 Å². The van der Waals surface area contributed by atoms with Crippen LogP contribution in [0.15, 0.2) is 42.9 Å². The summed E-state index contributed by atoms with van der Waals surface area (Å²) in [5.41, 5.74) is 1.21. The Morgan fingerprint density at radius 1 is 1.14 bits per heavy atom. The Morgan fingerprint density at radius 2 is 1.94 bits per heavy atom. The second-order valence-corrected chi connectivity index (χ2v) is 8.88. The highest BCUT2D eigenvalue weighted by atomic mass is 35.5. The number of fused-ring (bicyclic) bond motifs is 1. The quantitative estimate of drug-likeness (QED) is 0.400. The Morgan fingerprint density at radius 3 is 2.74 bits per heavy atom. The fourth-order valence-electron chi connectivity index (χ4n) is 4.30. The van der Waals surface area contributed by atoms with E-state index in [4.69, 9.17) is 11.6 Å². The summed E-state index contributed by atoms with van der Waals surface area (Å²) in [6, 6.07) is 4.51. The van der Waals surface area contributed by atoms with Crippen LogP contribution in [0.25, 0.3) is 22.4 Å². The third-order valence-corrected chi connectivity index (χ3v) is 6.16. The number of halogens is 4. The Bertz CT molecular complexity index is 1390. The van der Waals surface area contributed by atoms with E-state index in [-0.39, 0.29) is 17.3 Å². The maximum Gasteiger partial charge on any atom is 0.254 e. The van der Waals surface area contributed by atoms with E-state index in [1.54, 1.807) is 17.2 Å². The molecule has 0 radical (unpaired) electrons. The van der Waals surface area contributed by atoms with Gasteiger partial charge < -0.3 is 15.2 Å². The summed E-state index contributed by atoms with van der Waals surface area (Å²) in [4.78, 5) is 30.0. The predicted octanol–water partition coefficient (Wildman–Crippen LogP) is 5.05. The average molecular weight is 501 g/mol. The topological polar surface area (TPSA) is 86.8 Å². The molecule has 4 aromatic rings. The van der Waals surface area contributed by atoms with Gasteiger partial charge in [0.2, 0.25) is 0 Å². The van der Waals surface area contributed by atoms with E-state index in [0.29, 0.717) is 47.1 Å². The standard InChI is InChI=1S/C24H20ClF3N6O/c25-15-6-18-19(10-31-21(18)30-9-15)22-32-11-20(28)23(33-22)29-8-13-2-1-3-34(12-13)24(35)14-4-16(26)7-17(27)5-14/h4-7,9-11,13H,1-3,8,12H2,(H,30,31)(H,29,32,33). The molecule has 1 aliphatic heterocycles. The van der Waals surface area contributed by atoms with Gasteiger partial charge in [-0.25, -0.2) is 28.1 Å². The zero-order valence-corrected chi connectivity index (χ0v) is 19.1. The number of aromatic nitrogens is 4. The van der Waals surface area contributed by atoms with E-state index in [1.165, 1.54) is 6.20 Å². The number of benzene rings is 1. The van der Waals surface area contributed by atoms with Crippen molar-refractivity contribution in [1.29, 1.82) is 0 Å². The maximum absolute atomic E-state index is 14.5.